The van der Waals surface area contributed by atoms with Crippen LogP contribution in [0.15, 0.2) is 42.5 Å². The number of hydrogen-bond donors (Lipinski definition) is 2. The van der Waals surface area contributed by atoms with Crippen molar-refractivity contribution in [2.24, 2.45) is 0 Å². The van der Waals surface area contributed by atoms with E-state index in [2.05, 4.69) is 15.6 Å². The van der Waals surface area contributed by atoms with Crippen LogP contribution < -0.4 is 10.6 Å². The first-order chi connectivity index (χ1) is 12.8. The summed E-state index contributed by atoms with van der Waals surface area (Å²) in [5.74, 6) is -0.993. The van der Waals surface area contributed by atoms with Crippen LogP contribution in [-0.2, 0) is 12.7 Å². The molecule has 9 heteroatoms. The van der Waals surface area contributed by atoms with Crippen LogP contribution in [0.2, 0.25) is 5.02 Å². The zero-order valence-electron chi connectivity index (χ0n) is 14.3. The largest absolute Gasteiger partial charge is 0.449 e. The molecule has 0 saturated carbocycles. The van der Waals surface area contributed by atoms with Gasteiger partial charge in [-0.2, -0.15) is 13.2 Å². The third-order valence-corrected chi connectivity index (χ3v) is 4.21. The van der Waals surface area contributed by atoms with Crippen molar-refractivity contribution in [3.8, 4) is 0 Å². The van der Waals surface area contributed by atoms with E-state index < -0.39 is 18.0 Å². The SMILES string of the molecule is Cc1ccc(NC(=O)NCCn2c(C(F)(F)F)nc3ccccc32)c(Cl)c1. The molecule has 0 radical (unpaired) electrons. The molecular formula is C18H16ClF3N4O. The number of carbonyl (C=O) groups is 1. The average molecular weight is 397 g/mol. The summed E-state index contributed by atoms with van der Waals surface area (Å²) in [4.78, 5) is 15.7. The van der Waals surface area contributed by atoms with Gasteiger partial charge in [0, 0.05) is 13.1 Å². The molecule has 5 nitrogen and oxygen atoms in total. The summed E-state index contributed by atoms with van der Waals surface area (Å²) in [5, 5.41) is 5.48. The molecule has 2 N–H and O–H groups in total. The fourth-order valence-corrected chi connectivity index (χ4v) is 2.97. The van der Waals surface area contributed by atoms with Crippen molar-refractivity contribution in [2.45, 2.75) is 19.6 Å². The molecule has 0 aliphatic rings. The van der Waals surface area contributed by atoms with Gasteiger partial charge in [-0.15, -0.1) is 0 Å². The Bertz CT molecular complexity index is 984. The standard InChI is InChI=1S/C18H16ClF3N4O/c1-11-6-7-13(12(19)10-11)25-17(27)23-8-9-26-15-5-3-2-4-14(15)24-16(26)18(20,21)22/h2-7,10H,8-9H2,1H3,(H2,23,25,27). The Kier molecular flexibility index (Phi) is 5.27. The van der Waals surface area contributed by atoms with E-state index in [1.54, 1.807) is 36.4 Å². The number of carbonyl (C=O) groups excluding carboxylic acids is 1. The molecule has 3 aromatic rings. The van der Waals surface area contributed by atoms with Crippen molar-refractivity contribution in [1.82, 2.24) is 14.9 Å². The molecule has 2 aromatic carbocycles. The Morgan fingerprint density at radius 2 is 1.96 bits per heavy atom. The minimum absolute atomic E-state index is 0.0151. The predicted octanol–water partition coefficient (Wildman–Crippen LogP) is 4.84. The molecule has 0 aliphatic heterocycles. The molecule has 27 heavy (non-hydrogen) atoms. The van der Waals surface area contributed by atoms with E-state index >= 15 is 0 Å². The van der Waals surface area contributed by atoms with Gasteiger partial charge in [-0.3, -0.25) is 0 Å². The summed E-state index contributed by atoms with van der Waals surface area (Å²) in [6.07, 6.45) is -4.59. The number of rotatable bonds is 4. The highest BCUT2D eigenvalue weighted by Crippen LogP contribution is 2.31. The number of amides is 2. The summed E-state index contributed by atoms with van der Waals surface area (Å²) in [6.45, 7) is 1.77. The van der Waals surface area contributed by atoms with Crippen LogP contribution in [-0.4, -0.2) is 22.1 Å². The summed E-state index contributed by atoms with van der Waals surface area (Å²) >= 11 is 6.05. The minimum atomic E-state index is -4.59. The van der Waals surface area contributed by atoms with Gasteiger partial charge in [-0.1, -0.05) is 29.8 Å². The Morgan fingerprint density at radius 3 is 2.67 bits per heavy atom. The van der Waals surface area contributed by atoms with Crippen LogP contribution in [0.4, 0.5) is 23.7 Å². The number of halogens is 4. The van der Waals surface area contributed by atoms with Crippen molar-refractivity contribution in [3.05, 3.63) is 58.9 Å². The van der Waals surface area contributed by atoms with Crippen LogP contribution in [0.25, 0.3) is 11.0 Å². The topological polar surface area (TPSA) is 59.0 Å². The Labute approximate surface area is 158 Å². The van der Waals surface area contributed by atoms with E-state index in [4.69, 9.17) is 11.6 Å². The molecule has 3 rings (SSSR count). The molecule has 0 bridgehead atoms. The number of benzene rings is 2. The molecule has 142 valence electrons. The number of nitrogens with zero attached hydrogens (tertiary/aromatic N) is 2. The second-order valence-corrected chi connectivity index (χ2v) is 6.34. The second-order valence-electron chi connectivity index (χ2n) is 5.94. The average Bonchev–Trinajstić information content (AvgIpc) is 2.97. The van der Waals surface area contributed by atoms with Crippen molar-refractivity contribution < 1.29 is 18.0 Å². The van der Waals surface area contributed by atoms with Crippen molar-refractivity contribution in [3.63, 3.8) is 0 Å². The first kappa shape index (κ1) is 19.0. The molecule has 0 fully saturated rings. The summed E-state index contributed by atoms with van der Waals surface area (Å²) in [7, 11) is 0. The van der Waals surface area contributed by atoms with Crippen LogP contribution in [0.3, 0.4) is 0 Å². The molecule has 0 spiro atoms. The van der Waals surface area contributed by atoms with E-state index in [0.29, 0.717) is 16.2 Å². The molecule has 0 atom stereocenters. The van der Waals surface area contributed by atoms with Gasteiger partial charge in [-0.05, 0) is 36.8 Å². The normalized spacial score (nSPS) is 11.6. The van der Waals surface area contributed by atoms with Gasteiger partial charge in [0.1, 0.15) is 0 Å². The third-order valence-electron chi connectivity index (χ3n) is 3.90. The van der Waals surface area contributed by atoms with Crippen LogP contribution in [0, 0.1) is 6.92 Å². The maximum Gasteiger partial charge on any atom is 0.449 e. The van der Waals surface area contributed by atoms with E-state index in [-0.39, 0.29) is 18.6 Å². The number of hydrogen-bond acceptors (Lipinski definition) is 2. The van der Waals surface area contributed by atoms with Gasteiger partial charge in [-0.25, -0.2) is 9.78 Å². The Morgan fingerprint density at radius 1 is 1.22 bits per heavy atom. The number of anilines is 1. The maximum atomic E-state index is 13.2. The van der Waals surface area contributed by atoms with Gasteiger partial charge in [0.2, 0.25) is 5.82 Å². The first-order valence-electron chi connectivity index (χ1n) is 8.09. The van der Waals surface area contributed by atoms with Gasteiger partial charge in [0.15, 0.2) is 0 Å². The predicted molar refractivity (Wildman–Crippen MR) is 97.9 cm³/mol. The number of imidazole rings is 1. The lowest BCUT2D eigenvalue weighted by Gasteiger charge is -2.13. The number of fused-ring (bicyclic) bond motifs is 1. The zero-order valence-corrected chi connectivity index (χ0v) is 15.0. The van der Waals surface area contributed by atoms with Crippen molar-refractivity contribution in [1.29, 1.82) is 0 Å². The minimum Gasteiger partial charge on any atom is -0.336 e. The fourth-order valence-electron chi connectivity index (χ4n) is 2.69. The van der Waals surface area contributed by atoms with Crippen LogP contribution in [0.5, 0.6) is 0 Å². The van der Waals surface area contributed by atoms with Crippen LogP contribution >= 0.6 is 11.6 Å². The lowest BCUT2D eigenvalue weighted by atomic mass is 10.2. The quantitative estimate of drug-likeness (QED) is 0.663. The summed E-state index contributed by atoms with van der Waals surface area (Å²) in [5.41, 5.74) is 1.97. The molecular weight excluding hydrogens is 381 g/mol. The highest BCUT2D eigenvalue weighted by molar-refractivity contribution is 6.33. The van der Waals surface area contributed by atoms with E-state index in [1.807, 2.05) is 6.92 Å². The number of nitrogens with one attached hydrogen (secondary N) is 2. The van der Waals surface area contributed by atoms with Gasteiger partial charge < -0.3 is 15.2 Å². The second kappa shape index (κ2) is 7.48. The summed E-state index contributed by atoms with van der Waals surface area (Å²) < 4.78 is 40.8. The highest BCUT2D eigenvalue weighted by Gasteiger charge is 2.37. The van der Waals surface area contributed by atoms with E-state index in [1.165, 1.54) is 6.07 Å². The Hall–Kier alpha value is -2.74. The smallest absolute Gasteiger partial charge is 0.336 e. The lowest BCUT2D eigenvalue weighted by molar-refractivity contribution is -0.146. The lowest BCUT2D eigenvalue weighted by Crippen LogP contribution is -2.32. The molecule has 1 aromatic heterocycles. The first-order valence-corrected chi connectivity index (χ1v) is 8.47. The van der Waals surface area contributed by atoms with E-state index in [9.17, 15) is 18.0 Å². The van der Waals surface area contributed by atoms with Gasteiger partial charge >= 0.3 is 12.2 Å². The highest BCUT2D eigenvalue weighted by atomic mass is 35.5. The monoisotopic (exact) mass is 396 g/mol. The van der Waals surface area contributed by atoms with Crippen molar-refractivity contribution in [2.75, 3.05) is 11.9 Å². The third kappa shape index (κ3) is 4.33. The fraction of sp³-hybridized carbons (Fsp3) is 0.222. The number of aryl methyl sites for hydroxylation is 1. The maximum absolute atomic E-state index is 13.2. The molecule has 1 heterocycles. The van der Waals surface area contributed by atoms with Crippen LogP contribution in [0.1, 0.15) is 11.4 Å². The molecule has 0 unspecified atom stereocenters. The van der Waals surface area contributed by atoms with E-state index in [0.717, 1.165) is 10.1 Å². The van der Waals surface area contributed by atoms with Gasteiger partial charge in [0.25, 0.3) is 0 Å². The Balaban J connectivity index is 1.69. The zero-order chi connectivity index (χ0) is 19.6. The molecule has 0 aliphatic carbocycles. The molecule has 0 saturated heterocycles. The number of urea groups is 1. The number of alkyl halides is 3. The number of aromatic nitrogens is 2. The van der Waals surface area contributed by atoms with Crippen molar-refractivity contribution >= 4 is 34.4 Å². The van der Waals surface area contributed by atoms with Gasteiger partial charge in [0.05, 0.1) is 21.7 Å². The molecule has 2 amide bonds. The summed E-state index contributed by atoms with van der Waals surface area (Å²) in [6, 6.07) is 10.9. The number of para-hydroxylation sites is 2.